The molecular weight excluding hydrogens is 585 g/mol. The van der Waals surface area contributed by atoms with Gasteiger partial charge >= 0.3 is 0 Å². The zero-order valence-corrected chi connectivity index (χ0v) is 25.8. The number of rotatable bonds is 3. The first-order chi connectivity index (χ1) is 23.8. The van der Waals surface area contributed by atoms with Crippen LogP contribution in [0.3, 0.4) is 0 Å². The van der Waals surface area contributed by atoms with Gasteiger partial charge in [-0.15, -0.1) is 0 Å². The van der Waals surface area contributed by atoms with Crippen LogP contribution >= 0.6 is 0 Å². The summed E-state index contributed by atoms with van der Waals surface area (Å²) in [7, 11) is 0. The Bertz CT molecular complexity index is 2960. The maximum absolute atomic E-state index is 10.0. The van der Waals surface area contributed by atoms with Crippen molar-refractivity contribution in [1.82, 2.24) is 14.1 Å². The van der Waals surface area contributed by atoms with Gasteiger partial charge in [0.05, 0.1) is 39.2 Å². The molecule has 0 radical (unpaired) electrons. The van der Waals surface area contributed by atoms with Gasteiger partial charge in [-0.25, -0.2) is 4.98 Å². The molecule has 48 heavy (non-hydrogen) atoms. The average Bonchev–Trinajstić information content (AvgIpc) is 3.67. The van der Waals surface area contributed by atoms with Crippen LogP contribution in [-0.4, -0.2) is 14.1 Å². The number of para-hydroxylation sites is 3. The standard InChI is InChI=1S/C44H26N4/c45-27-31-26-43(46-38-16-8-6-13-33(31)38)48-39-17-9-7-15-35(39)37-24-29(20-22-40(37)48)30-18-21-36-42(25-30)47(32-11-2-1-3-12-32)41-23-19-28-10-4-5-14-34(28)44(36)41/h1-26H. The fraction of sp³-hybridized carbons (Fsp3) is 0. The number of aromatic nitrogens is 3. The minimum atomic E-state index is 0.619. The maximum atomic E-state index is 10.0. The third-order valence-corrected chi connectivity index (χ3v) is 9.73. The van der Waals surface area contributed by atoms with E-state index in [9.17, 15) is 5.26 Å². The minimum Gasteiger partial charge on any atom is -0.309 e. The van der Waals surface area contributed by atoms with Crippen LogP contribution in [0.1, 0.15) is 5.56 Å². The molecule has 0 saturated heterocycles. The Balaban J connectivity index is 1.22. The summed E-state index contributed by atoms with van der Waals surface area (Å²) >= 11 is 0. The van der Waals surface area contributed by atoms with E-state index in [2.05, 4.69) is 143 Å². The van der Waals surface area contributed by atoms with Gasteiger partial charge in [0, 0.05) is 32.6 Å². The molecule has 3 aromatic heterocycles. The van der Waals surface area contributed by atoms with Crippen LogP contribution in [0.5, 0.6) is 0 Å². The number of hydrogen-bond donors (Lipinski definition) is 0. The molecule has 0 saturated carbocycles. The van der Waals surface area contributed by atoms with Gasteiger partial charge in [-0.3, -0.25) is 4.57 Å². The molecule has 0 unspecified atom stereocenters. The number of benzene rings is 7. The van der Waals surface area contributed by atoms with Crippen molar-refractivity contribution in [2.75, 3.05) is 0 Å². The first kappa shape index (κ1) is 26.5. The lowest BCUT2D eigenvalue weighted by atomic mass is 9.99. The molecule has 0 atom stereocenters. The molecule has 0 fully saturated rings. The van der Waals surface area contributed by atoms with Crippen LogP contribution in [0.25, 0.3) is 87.9 Å². The first-order valence-corrected chi connectivity index (χ1v) is 16.1. The highest BCUT2D eigenvalue weighted by molar-refractivity contribution is 6.22. The Morgan fingerprint density at radius 3 is 2.02 bits per heavy atom. The van der Waals surface area contributed by atoms with E-state index in [1.54, 1.807) is 0 Å². The van der Waals surface area contributed by atoms with Crippen molar-refractivity contribution in [2.45, 2.75) is 0 Å². The summed E-state index contributed by atoms with van der Waals surface area (Å²) in [5, 5.41) is 18.2. The minimum absolute atomic E-state index is 0.619. The lowest BCUT2D eigenvalue weighted by Crippen LogP contribution is -1.99. The molecule has 10 aromatic rings. The van der Waals surface area contributed by atoms with E-state index in [0.717, 1.165) is 55.3 Å². The zero-order valence-electron chi connectivity index (χ0n) is 25.8. The highest BCUT2D eigenvalue weighted by Gasteiger charge is 2.18. The van der Waals surface area contributed by atoms with Crippen LogP contribution in [0.4, 0.5) is 0 Å². The second-order valence-corrected chi connectivity index (χ2v) is 12.3. The van der Waals surface area contributed by atoms with Crippen LogP contribution in [0.15, 0.2) is 158 Å². The topological polar surface area (TPSA) is 46.5 Å². The summed E-state index contributed by atoms with van der Waals surface area (Å²) in [5.74, 6) is 0.741. The van der Waals surface area contributed by atoms with Crippen molar-refractivity contribution < 1.29 is 0 Å². The van der Waals surface area contributed by atoms with E-state index in [1.165, 1.54) is 32.6 Å². The molecule has 0 aliphatic carbocycles. The smallest absolute Gasteiger partial charge is 0.139 e. The molecule has 10 rings (SSSR count). The fourth-order valence-corrected chi connectivity index (χ4v) is 7.59. The van der Waals surface area contributed by atoms with Crippen molar-refractivity contribution in [1.29, 1.82) is 5.26 Å². The van der Waals surface area contributed by atoms with Gasteiger partial charge in [0.1, 0.15) is 5.82 Å². The lowest BCUT2D eigenvalue weighted by Gasteiger charge is -2.10. The maximum Gasteiger partial charge on any atom is 0.139 e. The number of fused-ring (bicyclic) bond motifs is 9. The predicted molar refractivity (Wildman–Crippen MR) is 198 cm³/mol. The summed E-state index contributed by atoms with van der Waals surface area (Å²) < 4.78 is 4.58. The number of nitriles is 1. The second-order valence-electron chi connectivity index (χ2n) is 12.3. The van der Waals surface area contributed by atoms with E-state index in [4.69, 9.17) is 4.98 Å². The third kappa shape index (κ3) is 3.79. The molecule has 3 heterocycles. The SMILES string of the molecule is N#Cc1cc(-n2c3ccccc3c3cc(-c4ccc5c6c7ccccc7ccc6n(-c6ccccc6)c5c4)ccc32)nc2ccccc12. The van der Waals surface area contributed by atoms with Gasteiger partial charge in [0.25, 0.3) is 0 Å². The highest BCUT2D eigenvalue weighted by Crippen LogP contribution is 2.40. The molecule has 4 heteroatoms. The quantitative estimate of drug-likeness (QED) is 0.200. The summed E-state index contributed by atoms with van der Waals surface area (Å²) in [5.41, 5.74) is 9.36. The molecule has 4 nitrogen and oxygen atoms in total. The normalized spacial score (nSPS) is 11.7. The van der Waals surface area contributed by atoms with Gasteiger partial charge in [-0.05, 0) is 76.5 Å². The molecule has 0 N–H and O–H groups in total. The first-order valence-electron chi connectivity index (χ1n) is 16.1. The molecule has 0 amide bonds. The van der Waals surface area contributed by atoms with Crippen molar-refractivity contribution in [3.8, 4) is 28.7 Å². The molecule has 0 spiro atoms. The number of nitrogens with zero attached hydrogens (tertiary/aromatic N) is 4. The van der Waals surface area contributed by atoms with E-state index in [-0.39, 0.29) is 0 Å². The van der Waals surface area contributed by atoms with Gasteiger partial charge in [-0.2, -0.15) is 5.26 Å². The number of pyridine rings is 1. The largest absolute Gasteiger partial charge is 0.309 e. The van der Waals surface area contributed by atoms with Crippen LogP contribution in [0.2, 0.25) is 0 Å². The predicted octanol–water partition coefficient (Wildman–Crippen LogP) is 11.1. The molecule has 222 valence electrons. The van der Waals surface area contributed by atoms with Gasteiger partial charge in [-0.1, -0.05) is 103 Å². The fourth-order valence-electron chi connectivity index (χ4n) is 7.59. The zero-order chi connectivity index (χ0) is 31.8. The Hall–Kier alpha value is -6.70. The van der Waals surface area contributed by atoms with Crippen molar-refractivity contribution in [2.24, 2.45) is 0 Å². The van der Waals surface area contributed by atoms with E-state index >= 15 is 0 Å². The Labute approximate surface area is 276 Å². The van der Waals surface area contributed by atoms with Crippen molar-refractivity contribution in [3.63, 3.8) is 0 Å². The molecule has 0 aliphatic heterocycles. The van der Waals surface area contributed by atoms with Gasteiger partial charge in [0.15, 0.2) is 0 Å². The number of hydrogen-bond acceptors (Lipinski definition) is 2. The second kappa shape index (κ2) is 10.2. The Kier molecular flexibility index (Phi) is 5.61. The van der Waals surface area contributed by atoms with Crippen molar-refractivity contribution >= 4 is 65.3 Å². The summed E-state index contributed by atoms with van der Waals surface area (Å²) in [6.07, 6.45) is 0. The van der Waals surface area contributed by atoms with Crippen LogP contribution in [-0.2, 0) is 0 Å². The Morgan fingerprint density at radius 1 is 0.458 bits per heavy atom. The van der Waals surface area contributed by atoms with Gasteiger partial charge in [0.2, 0.25) is 0 Å². The summed E-state index contributed by atoms with van der Waals surface area (Å²) in [4.78, 5) is 5.03. The monoisotopic (exact) mass is 610 g/mol. The molecular formula is C44H26N4. The summed E-state index contributed by atoms with van der Waals surface area (Å²) in [6, 6.07) is 57.9. The van der Waals surface area contributed by atoms with Crippen molar-refractivity contribution in [3.05, 3.63) is 163 Å². The van der Waals surface area contributed by atoms with E-state index in [0.29, 0.717) is 5.56 Å². The van der Waals surface area contributed by atoms with E-state index < -0.39 is 0 Å². The van der Waals surface area contributed by atoms with Gasteiger partial charge < -0.3 is 4.57 Å². The lowest BCUT2D eigenvalue weighted by molar-refractivity contribution is 1.10. The van der Waals surface area contributed by atoms with Crippen LogP contribution in [0, 0.1) is 11.3 Å². The third-order valence-electron chi connectivity index (χ3n) is 9.73. The Morgan fingerprint density at radius 2 is 1.15 bits per heavy atom. The molecule has 0 bridgehead atoms. The highest BCUT2D eigenvalue weighted by atomic mass is 15.1. The van der Waals surface area contributed by atoms with E-state index in [1.807, 2.05) is 30.3 Å². The summed E-state index contributed by atoms with van der Waals surface area (Å²) in [6.45, 7) is 0. The molecule has 7 aromatic carbocycles. The molecule has 0 aliphatic rings. The average molecular weight is 611 g/mol. The van der Waals surface area contributed by atoms with Crippen LogP contribution < -0.4 is 0 Å².